The van der Waals surface area contributed by atoms with Crippen molar-refractivity contribution in [1.29, 1.82) is 0 Å². The standard InChI is InChI=1S/C11H17N3S/c1-11(2)6-15-10(13-11)9-5-12-7-14(9)8-3-4-8/h5,7-8,10,13H,3-4,6H2,1-2H3. The molecule has 1 aliphatic heterocycles. The van der Waals surface area contributed by atoms with Gasteiger partial charge in [0.1, 0.15) is 0 Å². The smallest absolute Gasteiger partial charge is 0.0963 e. The van der Waals surface area contributed by atoms with Gasteiger partial charge in [0.25, 0.3) is 0 Å². The second-order valence-corrected chi connectivity index (χ2v) is 6.27. The molecule has 3 rings (SSSR count). The summed E-state index contributed by atoms with van der Waals surface area (Å²) in [5.74, 6) is 1.17. The van der Waals surface area contributed by atoms with E-state index in [4.69, 9.17) is 0 Å². The molecule has 4 heteroatoms. The molecule has 1 aliphatic carbocycles. The second-order valence-electron chi connectivity index (χ2n) is 5.18. The molecule has 1 saturated heterocycles. The van der Waals surface area contributed by atoms with Crippen LogP contribution in [0.2, 0.25) is 0 Å². The third kappa shape index (κ3) is 1.81. The fourth-order valence-electron chi connectivity index (χ4n) is 2.06. The van der Waals surface area contributed by atoms with Crippen molar-refractivity contribution < 1.29 is 0 Å². The minimum Gasteiger partial charge on any atom is -0.329 e. The minimum atomic E-state index is 0.258. The van der Waals surface area contributed by atoms with Crippen molar-refractivity contribution in [3.8, 4) is 0 Å². The molecule has 0 aromatic carbocycles. The van der Waals surface area contributed by atoms with Gasteiger partial charge in [-0.2, -0.15) is 0 Å². The van der Waals surface area contributed by atoms with Crippen molar-refractivity contribution in [3.63, 3.8) is 0 Å². The highest BCUT2D eigenvalue weighted by molar-refractivity contribution is 7.99. The quantitative estimate of drug-likeness (QED) is 0.834. The number of imidazole rings is 1. The maximum absolute atomic E-state index is 4.29. The van der Waals surface area contributed by atoms with Gasteiger partial charge in [0.15, 0.2) is 0 Å². The van der Waals surface area contributed by atoms with E-state index in [0.29, 0.717) is 5.37 Å². The van der Waals surface area contributed by atoms with E-state index < -0.39 is 0 Å². The first-order valence-corrected chi connectivity index (χ1v) is 6.62. The van der Waals surface area contributed by atoms with E-state index in [9.17, 15) is 0 Å². The van der Waals surface area contributed by atoms with Crippen LogP contribution in [0.1, 0.15) is 43.8 Å². The summed E-state index contributed by atoms with van der Waals surface area (Å²) >= 11 is 1.99. The molecule has 0 spiro atoms. The van der Waals surface area contributed by atoms with Gasteiger partial charge in [-0.3, -0.25) is 5.32 Å². The molecule has 1 N–H and O–H groups in total. The van der Waals surface area contributed by atoms with Crippen molar-refractivity contribution in [2.75, 3.05) is 5.75 Å². The average Bonchev–Trinajstić information content (AvgIpc) is 2.79. The van der Waals surface area contributed by atoms with Gasteiger partial charge in [0.05, 0.1) is 23.6 Å². The Bertz CT molecular complexity index is 368. The van der Waals surface area contributed by atoms with E-state index in [1.54, 1.807) is 0 Å². The molecule has 1 unspecified atom stereocenters. The lowest BCUT2D eigenvalue weighted by molar-refractivity contribution is 0.442. The first-order valence-electron chi connectivity index (χ1n) is 5.57. The summed E-state index contributed by atoms with van der Waals surface area (Å²) in [7, 11) is 0. The van der Waals surface area contributed by atoms with E-state index in [1.807, 2.05) is 24.3 Å². The monoisotopic (exact) mass is 223 g/mol. The number of hydrogen-bond acceptors (Lipinski definition) is 3. The fourth-order valence-corrected chi connectivity index (χ4v) is 3.49. The summed E-state index contributed by atoms with van der Waals surface area (Å²) in [5.41, 5.74) is 1.61. The summed E-state index contributed by atoms with van der Waals surface area (Å²) in [5, 5.41) is 4.09. The van der Waals surface area contributed by atoms with Gasteiger partial charge in [0.2, 0.25) is 0 Å². The van der Waals surface area contributed by atoms with Crippen LogP contribution in [-0.2, 0) is 0 Å². The molecule has 2 heterocycles. The van der Waals surface area contributed by atoms with Gasteiger partial charge in [-0.25, -0.2) is 4.98 Å². The molecule has 82 valence electrons. The van der Waals surface area contributed by atoms with E-state index in [2.05, 4.69) is 28.7 Å². The Morgan fingerprint density at radius 3 is 2.93 bits per heavy atom. The number of aromatic nitrogens is 2. The van der Waals surface area contributed by atoms with Crippen LogP contribution in [-0.4, -0.2) is 20.8 Å². The molecule has 0 bridgehead atoms. The molecule has 0 radical (unpaired) electrons. The Labute approximate surface area is 94.7 Å². The third-order valence-electron chi connectivity index (χ3n) is 3.04. The zero-order valence-corrected chi connectivity index (χ0v) is 10.0. The van der Waals surface area contributed by atoms with Gasteiger partial charge in [0, 0.05) is 17.3 Å². The van der Waals surface area contributed by atoms with E-state index >= 15 is 0 Å². The molecule has 2 aliphatic rings. The highest BCUT2D eigenvalue weighted by Crippen LogP contribution is 2.42. The highest BCUT2D eigenvalue weighted by atomic mass is 32.2. The van der Waals surface area contributed by atoms with Crippen molar-refractivity contribution in [1.82, 2.24) is 14.9 Å². The van der Waals surface area contributed by atoms with Crippen LogP contribution in [0.25, 0.3) is 0 Å². The zero-order valence-electron chi connectivity index (χ0n) is 9.23. The molecule has 2 fully saturated rings. The Morgan fingerprint density at radius 2 is 2.33 bits per heavy atom. The largest absolute Gasteiger partial charge is 0.329 e. The van der Waals surface area contributed by atoms with Crippen LogP contribution in [0.3, 0.4) is 0 Å². The molecule has 1 aromatic heterocycles. The Balaban J connectivity index is 1.84. The van der Waals surface area contributed by atoms with Gasteiger partial charge < -0.3 is 4.57 Å². The lowest BCUT2D eigenvalue weighted by Crippen LogP contribution is -2.36. The van der Waals surface area contributed by atoms with Crippen LogP contribution in [0.15, 0.2) is 12.5 Å². The van der Waals surface area contributed by atoms with E-state index in [0.717, 1.165) is 6.04 Å². The second kappa shape index (κ2) is 3.25. The number of thioether (sulfide) groups is 1. The van der Waals surface area contributed by atoms with Crippen LogP contribution in [0, 0.1) is 0 Å². The van der Waals surface area contributed by atoms with Crippen molar-refractivity contribution in [2.45, 2.75) is 43.6 Å². The molecule has 1 atom stereocenters. The molecule has 3 nitrogen and oxygen atoms in total. The van der Waals surface area contributed by atoms with Crippen LogP contribution in [0.5, 0.6) is 0 Å². The maximum Gasteiger partial charge on any atom is 0.0963 e. The topological polar surface area (TPSA) is 29.9 Å². The van der Waals surface area contributed by atoms with Gasteiger partial charge in [-0.05, 0) is 26.7 Å². The normalized spacial score (nSPS) is 29.6. The summed E-state index contributed by atoms with van der Waals surface area (Å²) in [6.45, 7) is 4.52. The fraction of sp³-hybridized carbons (Fsp3) is 0.727. The molecule has 1 saturated carbocycles. The van der Waals surface area contributed by atoms with Crippen molar-refractivity contribution in [2.24, 2.45) is 0 Å². The van der Waals surface area contributed by atoms with Gasteiger partial charge in [-0.15, -0.1) is 11.8 Å². The predicted molar refractivity (Wildman–Crippen MR) is 62.9 cm³/mol. The maximum atomic E-state index is 4.29. The number of nitrogens with one attached hydrogen (secondary N) is 1. The lowest BCUT2D eigenvalue weighted by atomic mass is 10.1. The minimum absolute atomic E-state index is 0.258. The summed E-state index contributed by atoms with van der Waals surface area (Å²) in [6, 6.07) is 0.730. The number of hydrogen-bond donors (Lipinski definition) is 1. The Hall–Kier alpha value is -0.480. The van der Waals surface area contributed by atoms with Crippen molar-refractivity contribution in [3.05, 3.63) is 18.2 Å². The predicted octanol–water partition coefficient (Wildman–Crippen LogP) is 2.33. The van der Waals surface area contributed by atoms with Gasteiger partial charge in [-0.1, -0.05) is 0 Å². The summed E-state index contributed by atoms with van der Waals surface area (Å²) < 4.78 is 2.35. The highest BCUT2D eigenvalue weighted by Gasteiger charge is 2.35. The summed E-state index contributed by atoms with van der Waals surface area (Å²) in [6.07, 6.45) is 6.65. The van der Waals surface area contributed by atoms with Gasteiger partial charge >= 0.3 is 0 Å². The molecular weight excluding hydrogens is 206 g/mol. The Morgan fingerprint density at radius 1 is 1.53 bits per heavy atom. The SMILES string of the molecule is CC1(C)CSC(c2cncn2C2CC2)N1. The summed E-state index contributed by atoms with van der Waals surface area (Å²) in [4.78, 5) is 4.29. The van der Waals surface area contributed by atoms with Crippen LogP contribution >= 0.6 is 11.8 Å². The first kappa shape index (κ1) is 9.73. The average molecular weight is 223 g/mol. The Kier molecular flexibility index (Phi) is 2.11. The third-order valence-corrected chi connectivity index (χ3v) is 4.62. The zero-order chi connectivity index (χ0) is 10.5. The number of rotatable bonds is 2. The molecular formula is C11H17N3S. The lowest BCUT2D eigenvalue weighted by Gasteiger charge is -2.19. The van der Waals surface area contributed by atoms with Crippen molar-refractivity contribution >= 4 is 11.8 Å². The number of nitrogens with zero attached hydrogens (tertiary/aromatic N) is 2. The molecule has 0 amide bonds. The molecule has 1 aromatic rings. The molecule has 15 heavy (non-hydrogen) atoms. The van der Waals surface area contributed by atoms with Crippen LogP contribution in [0.4, 0.5) is 0 Å². The van der Waals surface area contributed by atoms with E-state index in [-0.39, 0.29) is 5.54 Å². The first-order chi connectivity index (χ1) is 7.16. The van der Waals surface area contributed by atoms with Crippen LogP contribution < -0.4 is 5.32 Å². The van der Waals surface area contributed by atoms with E-state index in [1.165, 1.54) is 24.3 Å².